The first kappa shape index (κ1) is 37.8. The SMILES string of the molecule is CC.CCC(C)c1ccc(C)c(N(CCCN2CCN(CCCC(=O)CCCC3=CCCC=C3)CC2)c2ccccc2C(C)C)c1. The van der Waals surface area contributed by atoms with Crippen molar-refractivity contribution >= 4 is 17.2 Å². The molecule has 1 saturated heterocycles. The van der Waals surface area contributed by atoms with Gasteiger partial charge in [0.1, 0.15) is 5.78 Å². The third-order valence-corrected chi connectivity index (χ3v) is 9.80. The number of allylic oxidation sites excluding steroid dienone is 4. The van der Waals surface area contributed by atoms with Crippen molar-refractivity contribution in [2.45, 2.75) is 118 Å². The van der Waals surface area contributed by atoms with Crippen LogP contribution in [0, 0.1) is 6.92 Å². The molecule has 1 aliphatic carbocycles. The molecule has 4 heteroatoms. The number of Topliss-reactive ketones (excluding diaryl/α,β-unsaturated/α-hetero) is 1. The van der Waals surface area contributed by atoms with E-state index in [1.165, 1.54) is 33.6 Å². The van der Waals surface area contributed by atoms with Crippen molar-refractivity contribution in [3.05, 3.63) is 83.0 Å². The van der Waals surface area contributed by atoms with E-state index in [-0.39, 0.29) is 0 Å². The maximum atomic E-state index is 12.4. The molecule has 2 aromatic rings. The van der Waals surface area contributed by atoms with E-state index in [0.717, 1.165) is 104 Å². The molecule has 4 rings (SSSR count). The molecular formula is C42H65N3O. The van der Waals surface area contributed by atoms with Crippen LogP contribution in [0.5, 0.6) is 0 Å². The number of aryl methyl sites for hydroxylation is 1. The minimum Gasteiger partial charge on any atom is -0.341 e. The second-order valence-electron chi connectivity index (χ2n) is 13.5. The van der Waals surface area contributed by atoms with E-state index in [4.69, 9.17) is 0 Å². The van der Waals surface area contributed by atoms with Gasteiger partial charge < -0.3 is 14.7 Å². The maximum absolute atomic E-state index is 12.4. The van der Waals surface area contributed by atoms with Gasteiger partial charge in [0, 0.05) is 56.9 Å². The molecular weight excluding hydrogens is 562 g/mol. The fraction of sp³-hybridized carbons (Fsp3) is 0.595. The number of rotatable bonds is 17. The molecule has 0 bridgehead atoms. The van der Waals surface area contributed by atoms with Crippen LogP contribution >= 0.6 is 0 Å². The zero-order chi connectivity index (χ0) is 33.3. The maximum Gasteiger partial charge on any atom is 0.132 e. The summed E-state index contributed by atoms with van der Waals surface area (Å²) in [5.41, 5.74) is 8.34. The molecule has 1 fully saturated rings. The van der Waals surface area contributed by atoms with Gasteiger partial charge in [-0.25, -0.2) is 0 Å². The lowest BCUT2D eigenvalue weighted by atomic mass is 9.95. The van der Waals surface area contributed by atoms with Crippen LogP contribution in [0.2, 0.25) is 0 Å². The normalized spacial score (nSPS) is 16.1. The monoisotopic (exact) mass is 628 g/mol. The van der Waals surface area contributed by atoms with Crippen LogP contribution in [0.4, 0.5) is 11.4 Å². The summed E-state index contributed by atoms with van der Waals surface area (Å²) in [6, 6.07) is 16.1. The number of carbonyl (C=O) groups excluding carboxylic acids is 1. The Balaban J connectivity index is 0.00000282. The number of anilines is 2. The van der Waals surface area contributed by atoms with Gasteiger partial charge in [-0.05, 0) is 106 Å². The molecule has 1 heterocycles. The predicted molar refractivity (Wildman–Crippen MR) is 201 cm³/mol. The van der Waals surface area contributed by atoms with Crippen molar-refractivity contribution in [1.29, 1.82) is 0 Å². The van der Waals surface area contributed by atoms with Gasteiger partial charge in [0.25, 0.3) is 0 Å². The van der Waals surface area contributed by atoms with Gasteiger partial charge in [-0.2, -0.15) is 0 Å². The van der Waals surface area contributed by atoms with Crippen LogP contribution in [-0.4, -0.2) is 61.4 Å². The van der Waals surface area contributed by atoms with Crippen molar-refractivity contribution in [3.63, 3.8) is 0 Å². The van der Waals surface area contributed by atoms with E-state index in [0.29, 0.717) is 17.6 Å². The molecule has 0 aromatic heterocycles. The first-order valence-corrected chi connectivity index (χ1v) is 18.6. The Hall–Kier alpha value is -2.69. The van der Waals surface area contributed by atoms with Crippen molar-refractivity contribution in [2.75, 3.05) is 50.7 Å². The smallest absolute Gasteiger partial charge is 0.132 e. The highest BCUT2D eigenvalue weighted by Crippen LogP contribution is 2.36. The summed E-state index contributed by atoms with van der Waals surface area (Å²) in [6.45, 7) is 23.2. The van der Waals surface area contributed by atoms with Crippen molar-refractivity contribution in [3.8, 4) is 0 Å². The highest BCUT2D eigenvalue weighted by Gasteiger charge is 2.20. The molecule has 0 radical (unpaired) electrons. The van der Waals surface area contributed by atoms with Gasteiger partial charge in [0.15, 0.2) is 0 Å². The second-order valence-corrected chi connectivity index (χ2v) is 13.5. The summed E-state index contributed by atoms with van der Waals surface area (Å²) >= 11 is 0. The van der Waals surface area contributed by atoms with Gasteiger partial charge >= 0.3 is 0 Å². The third-order valence-electron chi connectivity index (χ3n) is 9.80. The van der Waals surface area contributed by atoms with Crippen LogP contribution in [0.3, 0.4) is 0 Å². The van der Waals surface area contributed by atoms with Gasteiger partial charge in [-0.15, -0.1) is 0 Å². The average molecular weight is 628 g/mol. The second kappa shape index (κ2) is 20.5. The Kier molecular flexibility index (Phi) is 16.9. The van der Waals surface area contributed by atoms with Crippen LogP contribution in [0.25, 0.3) is 0 Å². The first-order chi connectivity index (χ1) is 22.4. The van der Waals surface area contributed by atoms with Crippen LogP contribution in [0.1, 0.15) is 128 Å². The van der Waals surface area contributed by atoms with E-state index >= 15 is 0 Å². The quantitative estimate of drug-likeness (QED) is 0.174. The standard InChI is InChI=1S/C40H59N3O.C2H6/c1-6-33(4)36-23-22-34(5)40(31-36)43(39-21-11-10-20-38(39)32(2)3)26-14-25-42-29-27-41(28-30-42)24-13-19-37(44)18-12-17-35-15-8-7-9-16-35;1-2/h8,10-11,15-16,20-23,31-33H,6-7,9,12-14,17-19,24-30H2,1-5H3;1-2H3. The summed E-state index contributed by atoms with van der Waals surface area (Å²) in [7, 11) is 0. The number of para-hydroxylation sites is 1. The molecule has 0 spiro atoms. The Morgan fingerprint density at radius 2 is 1.52 bits per heavy atom. The lowest BCUT2D eigenvalue weighted by Crippen LogP contribution is -2.47. The summed E-state index contributed by atoms with van der Waals surface area (Å²) in [4.78, 5) is 20.2. The van der Waals surface area contributed by atoms with Crippen LogP contribution < -0.4 is 4.90 Å². The number of hydrogen-bond donors (Lipinski definition) is 0. The summed E-state index contributed by atoms with van der Waals surface area (Å²) < 4.78 is 0. The molecule has 1 aliphatic heterocycles. The molecule has 2 aromatic carbocycles. The molecule has 254 valence electrons. The molecule has 0 amide bonds. The Bertz CT molecular complexity index is 1240. The fourth-order valence-corrected chi connectivity index (χ4v) is 6.71. The molecule has 1 atom stereocenters. The number of carbonyl (C=O) groups is 1. The lowest BCUT2D eigenvalue weighted by molar-refractivity contribution is -0.119. The summed E-state index contributed by atoms with van der Waals surface area (Å²) in [5, 5.41) is 0. The predicted octanol–water partition coefficient (Wildman–Crippen LogP) is 10.6. The molecule has 1 unspecified atom stereocenters. The summed E-state index contributed by atoms with van der Waals surface area (Å²) in [6.07, 6.45) is 16.0. The van der Waals surface area contributed by atoms with Gasteiger partial charge in [0.2, 0.25) is 0 Å². The topological polar surface area (TPSA) is 26.8 Å². The average Bonchev–Trinajstić information content (AvgIpc) is 3.09. The van der Waals surface area contributed by atoms with Crippen LogP contribution in [0.15, 0.2) is 66.3 Å². The molecule has 0 N–H and O–H groups in total. The van der Waals surface area contributed by atoms with E-state index < -0.39 is 0 Å². The van der Waals surface area contributed by atoms with E-state index in [9.17, 15) is 4.79 Å². The van der Waals surface area contributed by atoms with Crippen molar-refractivity contribution in [2.24, 2.45) is 0 Å². The number of ketones is 1. The van der Waals surface area contributed by atoms with Crippen molar-refractivity contribution < 1.29 is 4.79 Å². The van der Waals surface area contributed by atoms with Crippen molar-refractivity contribution in [1.82, 2.24) is 9.80 Å². The highest BCUT2D eigenvalue weighted by atomic mass is 16.1. The zero-order valence-electron chi connectivity index (χ0n) is 30.5. The number of nitrogens with zero attached hydrogens (tertiary/aromatic N) is 3. The minimum absolute atomic E-state index is 0.442. The number of benzene rings is 2. The van der Waals surface area contributed by atoms with E-state index in [1.54, 1.807) is 0 Å². The highest BCUT2D eigenvalue weighted by molar-refractivity contribution is 5.78. The van der Waals surface area contributed by atoms with Gasteiger partial charge in [-0.1, -0.05) is 95.7 Å². The van der Waals surface area contributed by atoms with Crippen LogP contribution in [-0.2, 0) is 4.79 Å². The van der Waals surface area contributed by atoms with Gasteiger partial charge in [-0.3, -0.25) is 4.79 Å². The van der Waals surface area contributed by atoms with E-state index in [1.807, 2.05) is 13.8 Å². The molecule has 0 saturated carbocycles. The number of hydrogen-bond acceptors (Lipinski definition) is 4. The fourth-order valence-electron chi connectivity index (χ4n) is 6.71. The Labute approximate surface area is 282 Å². The first-order valence-electron chi connectivity index (χ1n) is 18.6. The molecule has 2 aliphatic rings. The Morgan fingerprint density at radius 3 is 2.17 bits per heavy atom. The lowest BCUT2D eigenvalue weighted by Gasteiger charge is -2.36. The molecule has 46 heavy (non-hydrogen) atoms. The van der Waals surface area contributed by atoms with Gasteiger partial charge in [0.05, 0.1) is 0 Å². The zero-order valence-corrected chi connectivity index (χ0v) is 30.5. The summed E-state index contributed by atoms with van der Waals surface area (Å²) in [5.74, 6) is 1.48. The molecule has 4 nitrogen and oxygen atoms in total. The number of piperazine rings is 1. The largest absolute Gasteiger partial charge is 0.341 e. The Morgan fingerprint density at radius 1 is 0.848 bits per heavy atom. The van der Waals surface area contributed by atoms with E-state index in [2.05, 4.69) is 110 Å². The third kappa shape index (κ3) is 11.8. The minimum atomic E-state index is 0.442.